The van der Waals surface area contributed by atoms with Gasteiger partial charge in [-0.15, -0.1) is 24.0 Å². The van der Waals surface area contributed by atoms with E-state index in [0.29, 0.717) is 12.5 Å². The van der Waals surface area contributed by atoms with Crippen molar-refractivity contribution in [2.24, 2.45) is 18.0 Å². The van der Waals surface area contributed by atoms with Gasteiger partial charge >= 0.3 is 0 Å². The highest BCUT2D eigenvalue weighted by atomic mass is 127. The molecule has 1 fully saturated rings. The van der Waals surface area contributed by atoms with Crippen molar-refractivity contribution in [3.63, 3.8) is 0 Å². The fourth-order valence-corrected chi connectivity index (χ4v) is 3.01. The monoisotopic (exact) mass is 465 g/mol. The Morgan fingerprint density at radius 1 is 1.44 bits per heavy atom. The normalized spacial score (nSPS) is 16.6. The Balaban J connectivity index is 0.00000312. The number of aryl methyl sites for hydroxylation is 1. The first-order valence-electron chi connectivity index (χ1n) is 8.60. The Hall–Kier alpha value is -0.940. The minimum Gasteiger partial charge on any atom is -0.383 e. The number of nitrogens with zero attached hydrogens (tertiary/aromatic N) is 6. The van der Waals surface area contributed by atoms with E-state index in [2.05, 4.69) is 30.2 Å². The zero-order chi connectivity index (χ0) is 17.4. The van der Waals surface area contributed by atoms with Crippen LogP contribution in [0.25, 0.3) is 0 Å². The van der Waals surface area contributed by atoms with Crippen LogP contribution in [0.4, 0.5) is 0 Å². The summed E-state index contributed by atoms with van der Waals surface area (Å²) in [6, 6.07) is 0. The highest BCUT2D eigenvalue weighted by molar-refractivity contribution is 14.0. The lowest BCUT2D eigenvalue weighted by molar-refractivity contribution is 0.120. The van der Waals surface area contributed by atoms with Crippen LogP contribution in [-0.2, 0) is 18.3 Å². The summed E-state index contributed by atoms with van der Waals surface area (Å²) in [6.45, 7) is 5.83. The molecule has 1 N–H and O–H groups in total. The average Bonchev–Trinajstić information content (AvgIpc) is 2.99. The highest BCUT2D eigenvalue weighted by Crippen LogP contribution is 2.16. The van der Waals surface area contributed by atoms with Gasteiger partial charge in [-0.1, -0.05) is 0 Å². The van der Waals surface area contributed by atoms with Crippen molar-refractivity contribution in [3.8, 4) is 0 Å². The second-order valence-electron chi connectivity index (χ2n) is 6.36. The number of hydrogen-bond donors (Lipinski definition) is 1. The zero-order valence-corrected chi connectivity index (χ0v) is 18.1. The Kier molecular flexibility index (Phi) is 10.3. The van der Waals surface area contributed by atoms with E-state index in [1.807, 2.05) is 21.1 Å². The van der Waals surface area contributed by atoms with Gasteiger partial charge in [0, 0.05) is 41.3 Å². The topological polar surface area (TPSA) is 70.8 Å². The summed E-state index contributed by atoms with van der Waals surface area (Å²) < 4.78 is 6.95. The lowest BCUT2D eigenvalue weighted by Gasteiger charge is -2.32. The Morgan fingerprint density at radius 3 is 2.72 bits per heavy atom. The molecule has 9 heteroatoms. The fourth-order valence-electron chi connectivity index (χ4n) is 3.01. The average molecular weight is 465 g/mol. The molecule has 0 unspecified atom stereocenters. The van der Waals surface area contributed by atoms with Gasteiger partial charge in [0.2, 0.25) is 0 Å². The van der Waals surface area contributed by atoms with E-state index in [9.17, 15) is 0 Å². The van der Waals surface area contributed by atoms with Crippen LogP contribution >= 0.6 is 24.0 Å². The molecule has 1 aromatic rings. The molecule has 2 heterocycles. The third-order valence-electron chi connectivity index (χ3n) is 4.62. The molecule has 1 aromatic heterocycles. The number of guanidine groups is 1. The van der Waals surface area contributed by atoms with Crippen LogP contribution in [-0.4, -0.2) is 84.5 Å². The minimum absolute atomic E-state index is 0. The molecule has 2 rings (SSSR count). The van der Waals surface area contributed by atoms with Gasteiger partial charge in [0.05, 0.1) is 13.2 Å². The van der Waals surface area contributed by atoms with E-state index >= 15 is 0 Å². The lowest BCUT2D eigenvalue weighted by Crippen LogP contribution is -2.44. The van der Waals surface area contributed by atoms with Gasteiger partial charge in [-0.25, -0.2) is 4.98 Å². The van der Waals surface area contributed by atoms with Crippen molar-refractivity contribution >= 4 is 29.9 Å². The summed E-state index contributed by atoms with van der Waals surface area (Å²) in [4.78, 5) is 13.2. The number of nitrogens with one attached hydrogen (secondary N) is 1. The van der Waals surface area contributed by atoms with Crippen molar-refractivity contribution in [2.45, 2.75) is 19.4 Å². The van der Waals surface area contributed by atoms with Crippen molar-refractivity contribution in [1.82, 2.24) is 29.9 Å². The molecule has 0 atom stereocenters. The zero-order valence-electron chi connectivity index (χ0n) is 15.8. The first-order chi connectivity index (χ1) is 11.6. The third-order valence-corrected chi connectivity index (χ3v) is 4.62. The van der Waals surface area contributed by atoms with E-state index in [-0.39, 0.29) is 24.0 Å². The SMILES string of the molecule is CN=C(NCC1CCN(CCOC)CC1)N(C)Cc1ncnn1C.I. The number of aliphatic imine (C=N–C) groups is 1. The maximum Gasteiger partial charge on any atom is 0.193 e. The predicted octanol–water partition coefficient (Wildman–Crippen LogP) is 0.799. The smallest absolute Gasteiger partial charge is 0.193 e. The summed E-state index contributed by atoms with van der Waals surface area (Å²) in [7, 11) is 7.52. The minimum atomic E-state index is 0. The molecule has 0 aliphatic carbocycles. The second kappa shape index (κ2) is 11.6. The van der Waals surface area contributed by atoms with Gasteiger partial charge in [-0.2, -0.15) is 5.10 Å². The molecule has 25 heavy (non-hydrogen) atoms. The number of ether oxygens (including phenoxy) is 1. The fraction of sp³-hybridized carbons (Fsp3) is 0.812. The van der Waals surface area contributed by atoms with Gasteiger partial charge in [-0.3, -0.25) is 9.67 Å². The van der Waals surface area contributed by atoms with Gasteiger partial charge in [-0.05, 0) is 31.8 Å². The van der Waals surface area contributed by atoms with E-state index < -0.39 is 0 Å². The maximum absolute atomic E-state index is 5.16. The molecular weight excluding hydrogens is 433 g/mol. The number of halogens is 1. The molecule has 8 nitrogen and oxygen atoms in total. The standard InChI is InChI=1S/C16H31N7O.HI/c1-17-16(21(2)12-15-19-13-20-22(15)3)18-11-14-5-7-23(8-6-14)9-10-24-4;/h13-14H,5-12H2,1-4H3,(H,17,18);1H. The number of likely N-dealkylation sites (tertiary alicyclic amines) is 1. The molecule has 0 saturated carbocycles. The van der Waals surface area contributed by atoms with Crippen molar-refractivity contribution in [1.29, 1.82) is 0 Å². The van der Waals surface area contributed by atoms with E-state index in [1.165, 1.54) is 12.8 Å². The summed E-state index contributed by atoms with van der Waals surface area (Å²) in [5.74, 6) is 2.52. The van der Waals surface area contributed by atoms with Gasteiger partial charge in [0.1, 0.15) is 12.2 Å². The molecule has 0 amide bonds. The molecule has 0 spiro atoms. The van der Waals surface area contributed by atoms with Crippen molar-refractivity contribution in [2.75, 3.05) is 54.0 Å². The van der Waals surface area contributed by atoms with Crippen molar-refractivity contribution < 1.29 is 4.74 Å². The summed E-state index contributed by atoms with van der Waals surface area (Å²) in [5, 5.41) is 7.61. The molecule has 1 aliphatic rings. The van der Waals surface area contributed by atoms with Gasteiger partial charge < -0.3 is 19.9 Å². The van der Waals surface area contributed by atoms with Crippen LogP contribution in [0.1, 0.15) is 18.7 Å². The van der Waals surface area contributed by atoms with Crippen molar-refractivity contribution in [3.05, 3.63) is 12.2 Å². The number of methoxy groups -OCH3 is 1. The first kappa shape index (κ1) is 22.1. The third kappa shape index (κ3) is 7.06. The number of rotatable bonds is 7. The molecule has 1 saturated heterocycles. The van der Waals surface area contributed by atoms with Crippen LogP contribution in [0, 0.1) is 5.92 Å². The maximum atomic E-state index is 5.16. The van der Waals surface area contributed by atoms with Crippen LogP contribution in [0.3, 0.4) is 0 Å². The molecule has 0 aromatic carbocycles. The summed E-state index contributed by atoms with van der Waals surface area (Å²) in [5.41, 5.74) is 0. The molecule has 144 valence electrons. The Labute approximate surface area is 168 Å². The van der Waals surface area contributed by atoms with Crippen LogP contribution < -0.4 is 5.32 Å². The number of piperidine rings is 1. The predicted molar refractivity (Wildman–Crippen MR) is 110 cm³/mol. The number of aromatic nitrogens is 3. The van der Waals surface area contributed by atoms with Gasteiger partial charge in [0.15, 0.2) is 5.96 Å². The van der Waals surface area contributed by atoms with Crippen LogP contribution in [0.5, 0.6) is 0 Å². The lowest BCUT2D eigenvalue weighted by atomic mass is 9.97. The quantitative estimate of drug-likeness (QED) is 0.365. The Morgan fingerprint density at radius 2 is 2.16 bits per heavy atom. The van der Waals surface area contributed by atoms with E-state index in [0.717, 1.165) is 44.6 Å². The summed E-state index contributed by atoms with van der Waals surface area (Å²) >= 11 is 0. The molecule has 0 radical (unpaired) electrons. The largest absolute Gasteiger partial charge is 0.383 e. The number of hydrogen-bond acceptors (Lipinski definition) is 5. The van der Waals surface area contributed by atoms with Crippen LogP contribution in [0.15, 0.2) is 11.3 Å². The van der Waals surface area contributed by atoms with Crippen LogP contribution in [0.2, 0.25) is 0 Å². The highest BCUT2D eigenvalue weighted by Gasteiger charge is 2.19. The molecule has 0 bridgehead atoms. The molecular formula is C16H32IN7O. The molecule has 1 aliphatic heterocycles. The summed E-state index contributed by atoms with van der Waals surface area (Å²) in [6.07, 6.45) is 4.03. The van der Waals surface area contributed by atoms with E-state index in [1.54, 1.807) is 18.1 Å². The van der Waals surface area contributed by atoms with E-state index in [4.69, 9.17) is 4.74 Å². The Bertz CT molecular complexity index is 514. The van der Waals surface area contributed by atoms with Gasteiger partial charge in [0.25, 0.3) is 0 Å². The first-order valence-corrected chi connectivity index (χ1v) is 8.60. The second-order valence-corrected chi connectivity index (χ2v) is 6.36.